The largest absolute Gasteiger partial charge is 0.370 e. The molecule has 7 N–H and O–H groups in total. The van der Waals surface area contributed by atoms with Crippen LogP contribution in [0.3, 0.4) is 0 Å². The van der Waals surface area contributed by atoms with E-state index in [9.17, 15) is 14.7 Å². The van der Waals surface area contributed by atoms with Crippen molar-refractivity contribution < 1.29 is 14.7 Å². The summed E-state index contributed by atoms with van der Waals surface area (Å²) in [5, 5.41) is 9.44. The zero-order chi connectivity index (χ0) is 14.8. The van der Waals surface area contributed by atoms with Gasteiger partial charge in [0.1, 0.15) is 0 Å². The molecule has 0 aliphatic heterocycles. The van der Waals surface area contributed by atoms with Gasteiger partial charge < -0.3 is 27.2 Å². The number of carbonyl (C=O) groups excluding carboxylic acids is 2. The molecule has 0 aromatic rings. The number of hydrogen-bond donors (Lipinski definition) is 4. The lowest BCUT2D eigenvalue weighted by molar-refractivity contribution is -0.147. The molecule has 0 saturated carbocycles. The lowest BCUT2D eigenvalue weighted by Crippen LogP contribution is -2.49. The third-order valence-corrected chi connectivity index (χ3v) is 2.47. The number of amides is 1. The highest BCUT2D eigenvalue weighted by atomic mass is 16.3. The molecule has 0 heterocycles. The topological polar surface area (TPSA) is 148 Å². The average Bonchev–Trinajstić information content (AvgIpc) is 2.38. The summed E-state index contributed by atoms with van der Waals surface area (Å²) in [5.41, 5.74) is 16.1. The summed E-state index contributed by atoms with van der Waals surface area (Å²) in [4.78, 5) is 27.4. The molecule has 19 heavy (non-hydrogen) atoms. The van der Waals surface area contributed by atoms with Crippen LogP contribution in [0.15, 0.2) is 4.99 Å². The maximum absolute atomic E-state index is 12.0. The van der Waals surface area contributed by atoms with Crippen LogP contribution in [-0.2, 0) is 9.59 Å². The van der Waals surface area contributed by atoms with Crippen molar-refractivity contribution in [1.29, 1.82) is 0 Å². The zero-order valence-corrected chi connectivity index (χ0v) is 11.2. The summed E-state index contributed by atoms with van der Waals surface area (Å²) in [6.07, 6.45) is 0.400. The van der Waals surface area contributed by atoms with Crippen LogP contribution < -0.4 is 17.2 Å². The molecule has 0 radical (unpaired) electrons. The predicted molar refractivity (Wildman–Crippen MR) is 72.0 cm³/mol. The number of aliphatic hydroxyl groups excluding tert-OH is 1. The average molecular weight is 273 g/mol. The molecule has 0 bridgehead atoms. The van der Waals surface area contributed by atoms with Gasteiger partial charge in [-0.1, -0.05) is 6.92 Å². The standard InChI is InChI=1S/C11H23N5O3/c1-2-6-16(9(18)7-17)10(19)8(12)4-3-5-15-11(13)14/h7-9,18H,2-6,12H2,1H3,(H4,13,14,15)/t8-,9-/m0/s1. The zero-order valence-electron chi connectivity index (χ0n) is 11.2. The van der Waals surface area contributed by atoms with Gasteiger partial charge in [-0.05, 0) is 19.3 Å². The Labute approximate surface area is 112 Å². The van der Waals surface area contributed by atoms with Gasteiger partial charge in [0.05, 0.1) is 6.04 Å². The third kappa shape index (κ3) is 6.73. The van der Waals surface area contributed by atoms with E-state index in [1.165, 1.54) is 0 Å². The van der Waals surface area contributed by atoms with Gasteiger partial charge in [0.15, 0.2) is 18.5 Å². The molecular formula is C11H23N5O3. The highest BCUT2D eigenvalue weighted by Crippen LogP contribution is 2.04. The summed E-state index contributed by atoms with van der Waals surface area (Å²) in [6.45, 7) is 2.50. The van der Waals surface area contributed by atoms with Crippen LogP contribution in [-0.4, -0.2) is 53.5 Å². The number of aldehydes is 1. The summed E-state index contributed by atoms with van der Waals surface area (Å²) in [7, 11) is 0. The summed E-state index contributed by atoms with van der Waals surface area (Å²) < 4.78 is 0. The molecule has 0 aliphatic carbocycles. The lowest BCUT2D eigenvalue weighted by Gasteiger charge is -2.26. The molecule has 0 saturated heterocycles. The Balaban J connectivity index is 4.34. The van der Waals surface area contributed by atoms with E-state index in [0.29, 0.717) is 32.1 Å². The molecule has 0 rings (SSSR count). The van der Waals surface area contributed by atoms with Crippen molar-refractivity contribution in [3.8, 4) is 0 Å². The van der Waals surface area contributed by atoms with Crippen molar-refractivity contribution >= 4 is 18.2 Å². The van der Waals surface area contributed by atoms with Gasteiger partial charge in [0.2, 0.25) is 5.91 Å². The van der Waals surface area contributed by atoms with Crippen LogP contribution in [0.4, 0.5) is 0 Å². The van der Waals surface area contributed by atoms with Gasteiger partial charge in [0, 0.05) is 13.1 Å². The Kier molecular flexibility index (Phi) is 8.47. The third-order valence-electron chi connectivity index (χ3n) is 2.47. The van der Waals surface area contributed by atoms with E-state index in [4.69, 9.17) is 17.2 Å². The van der Waals surface area contributed by atoms with E-state index in [2.05, 4.69) is 4.99 Å². The quantitative estimate of drug-likeness (QED) is 0.127. The number of nitrogens with two attached hydrogens (primary N) is 3. The number of hydrogen-bond acceptors (Lipinski definition) is 5. The van der Waals surface area contributed by atoms with Crippen LogP contribution in [0.25, 0.3) is 0 Å². The first-order valence-corrected chi connectivity index (χ1v) is 6.18. The summed E-state index contributed by atoms with van der Waals surface area (Å²) >= 11 is 0. The van der Waals surface area contributed by atoms with E-state index >= 15 is 0 Å². The van der Waals surface area contributed by atoms with E-state index < -0.39 is 18.2 Å². The highest BCUT2D eigenvalue weighted by molar-refractivity contribution is 5.83. The van der Waals surface area contributed by atoms with Gasteiger partial charge in [-0.15, -0.1) is 0 Å². The van der Waals surface area contributed by atoms with Crippen molar-refractivity contribution in [1.82, 2.24) is 4.90 Å². The van der Waals surface area contributed by atoms with Gasteiger partial charge in [-0.3, -0.25) is 14.6 Å². The molecule has 0 aromatic heterocycles. The minimum Gasteiger partial charge on any atom is -0.370 e. The van der Waals surface area contributed by atoms with Crippen LogP contribution >= 0.6 is 0 Å². The van der Waals surface area contributed by atoms with Gasteiger partial charge >= 0.3 is 0 Å². The summed E-state index contributed by atoms with van der Waals surface area (Å²) in [6, 6.07) is -0.782. The van der Waals surface area contributed by atoms with E-state index in [-0.39, 0.29) is 12.5 Å². The van der Waals surface area contributed by atoms with Crippen molar-refractivity contribution in [3.05, 3.63) is 0 Å². The molecular weight excluding hydrogens is 250 g/mol. The SMILES string of the molecule is CCCN(C(=O)[C@@H](N)CCCN=C(N)N)[C@@H](O)C=O. The van der Waals surface area contributed by atoms with Crippen LogP contribution in [0.1, 0.15) is 26.2 Å². The smallest absolute Gasteiger partial charge is 0.241 e. The fourth-order valence-electron chi connectivity index (χ4n) is 1.54. The van der Waals surface area contributed by atoms with Crippen LogP contribution in [0, 0.1) is 0 Å². The Morgan fingerprint density at radius 1 is 1.47 bits per heavy atom. The number of guanidine groups is 1. The molecule has 0 aromatic carbocycles. The van der Waals surface area contributed by atoms with Gasteiger partial charge in [-0.25, -0.2) is 0 Å². The van der Waals surface area contributed by atoms with E-state index in [1.807, 2.05) is 6.92 Å². The Morgan fingerprint density at radius 2 is 2.11 bits per heavy atom. The second-order valence-corrected chi connectivity index (χ2v) is 4.14. The van der Waals surface area contributed by atoms with Crippen molar-refractivity contribution in [2.45, 2.75) is 38.5 Å². The van der Waals surface area contributed by atoms with Crippen molar-refractivity contribution in [2.24, 2.45) is 22.2 Å². The summed E-state index contributed by atoms with van der Waals surface area (Å²) in [5.74, 6) is -0.463. The second kappa shape index (κ2) is 9.29. The molecule has 2 atom stereocenters. The molecule has 8 nitrogen and oxygen atoms in total. The number of aliphatic imine (C=N–C) groups is 1. The number of aliphatic hydroxyl groups is 1. The minimum absolute atomic E-state index is 0.0103. The van der Waals surface area contributed by atoms with Crippen molar-refractivity contribution in [2.75, 3.05) is 13.1 Å². The molecule has 0 spiro atoms. The lowest BCUT2D eigenvalue weighted by atomic mass is 10.1. The van der Waals surface area contributed by atoms with Gasteiger partial charge in [0.25, 0.3) is 0 Å². The first-order chi connectivity index (χ1) is 8.93. The molecule has 110 valence electrons. The van der Waals surface area contributed by atoms with Crippen molar-refractivity contribution in [3.63, 3.8) is 0 Å². The predicted octanol–water partition coefficient (Wildman–Crippen LogP) is -1.88. The molecule has 1 amide bonds. The Hall–Kier alpha value is -1.67. The molecule has 0 fully saturated rings. The Bertz CT molecular complexity index is 317. The number of carbonyl (C=O) groups is 2. The fourth-order valence-corrected chi connectivity index (χ4v) is 1.54. The van der Waals surface area contributed by atoms with Gasteiger partial charge in [-0.2, -0.15) is 0 Å². The molecule has 0 aliphatic rings. The Morgan fingerprint density at radius 3 is 2.58 bits per heavy atom. The van der Waals surface area contributed by atoms with Crippen LogP contribution in [0.2, 0.25) is 0 Å². The number of nitrogens with zero attached hydrogens (tertiary/aromatic N) is 2. The number of rotatable bonds is 9. The highest BCUT2D eigenvalue weighted by Gasteiger charge is 2.25. The fraction of sp³-hybridized carbons (Fsp3) is 0.727. The second-order valence-electron chi connectivity index (χ2n) is 4.14. The van der Waals surface area contributed by atoms with E-state index in [0.717, 1.165) is 4.90 Å². The maximum Gasteiger partial charge on any atom is 0.241 e. The normalized spacial score (nSPS) is 13.4. The first-order valence-electron chi connectivity index (χ1n) is 6.18. The molecule has 0 unspecified atom stereocenters. The monoisotopic (exact) mass is 273 g/mol. The molecule has 8 heteroatoms. The van der Waals surface area contributed by atoms with Crippen LogP contribution in [0.5, 0.6) is 0 Å². The van der Waals surface area contributed by atoms with E-state index in [1.54, 1.807) is 0 Å². The first kappa shape index (κ1) is 17.3. The maximum atomic E-state index is 12.0. The minimum atomic E-state index is -1.45.